The molecule has 0 bridgehead atoms. The number of hydrogen-bond acceptors (Lipinski definition) is 3. The number of halogens is 2. The van der Waals surface area contributed by atoms with Crippen LogP contribution in [-0.4, -0.2) is 47.4 Å². The number of nitrogens with two attached hydrogens (primary N) is 1. The van der Waals surface area contributed by atoms with Crippen LogP contribution in [0.2, 0.25) is 0 Å². The number of nitrogens with zero attached hydrogens (tertiary/aromatic N) is 2. The van der Waals surface area contributed by atoms with Gasteiger partial charge in [0.25, 0.3) is 0 Å². The van der Waals surface area contributed by atoms with E-state index in [1.807, 2.05) is 6.07 Å². The number of piperidine rings is 2. The molecule has 2 fully saturated rings. The summed E-state index contributed by atoms with van der Waals surface area (Å²) in [5.74, 6) is 0.782. The number of hydrogen-bond donors (Lipinski definition) is 1. The van der Waals surface area contributed by atoms with E-state index in [-0.39, 0.29) is 36.9 Å². The number of likely N-dealkylation sites (tertiary alicyclic amines) is 2. The largest absolute Gasteiger partial charge is 0.341 e. The van der Waals surface area contributed by atoms with E-state index in [2.05, 4.69) is 41.0 Å². The molecule has 6 heteroatoms. The maximum atomic E-state index is 13.2. The van der Waals surface area contributed by atoms with Gasteiger partial charge in [0.2, 0.25) is 5.91 Å². The monoisotopic (exact) mass is 401 g/mol. The number of amides is 1. The Morgan fingerprint density at radius 3 is 2.54 bits per heavy atom. The van der Waals surface area contributed by atoms with E-state index < -0.39 is 0 Å². The summed E-state index contributed by atoms with van der Waals surface area (Å²) in [5.41, 5.74) is 7.38. The van der Waals surface area contributed by atoms with Gasteiger partial charge >= 0.3 is 0 Å². The number of benzene rings is 1. The summed E-state index contributed by atoms with van der Waals surface area (Å²) in [6, 6.07) is 10.7. The van der Waals surface area contributed by atoms with E-state index >= 15 is 0 Å². The molecule has 26 heavy (non-hydrogen) atoms. The molecule has 2 aliphatic heterocycles. The summed E-state index contributed by atoms with van der Waals surface area (Å²) in [6.07, 6.45) is 5.58. The number of rotatable bonds is 4. The molecule has 1 aromatic carbocycles. The Labute approximate surface area is 170 Å². The van der Waals surface area contributed by atoms with Crippen molar-refractivity contribution in [3.63, 3.8) is 0 Å². The van der Waals surface area contributed by atoms with Crippen LogP contribution in [0.3, 0.4) is 0 Å². The van der Waals surface area contributed by atoms with Gasteiger partial charge in [-0.05, 0) is 50.6 Å². The number of carbonyl (C=O) groups excluding carboxylic acids is 1. The average Bonchev–Trinajstić information content (AvgIpc) is 2.62. The lowest BCUT2D eigenvalue weighted by Crippen LogP contribution is -2.54. The lowest BCUT2D eigenvalue weighted by molar-refractivity contribution is -0.140. The molecule has 4 nitrogen and oxygen atoms in total. The molecule has 148 valence electrons. The minimum atomic E-state index is 0. The van der Waals surface area contributed by atoms with Gasteiger partial charge in [0.1, 0.15) is 0 Å². The molecule has 0 spiro atoms. The van der Waals surface area contributed by atoms with Crippen molar-refractivity contribution in [2.24, 2.45) is 11.7 Å². The van der Waals surface area contributed by atoms with Gasteiger partial charge in [0.05, 0.1) is 6.04 Å². The summed E-state index contributed by atoms with van der Waals surface area (Å²) < 4.78 is 0. The van der Waals surface area contributed by atoms with Gasteiger partial charge in [-0.3, -0.25) is 9.69 Å². The topological polar surface area (TPSA) is 49.6 Å². The minimum Gasteiger partial charge on any atom is -0.341 e. The molecule has 2 N–H and O–H groups in total. The Morgan fingerprint density at radius 1 is 1.12 bits per heavy atom. The highest BCUT2D eigenvalue weighted by atomic mass is 35.5. The zero-order valence-corrected chi connectivity index (χ0v) is 17.3. The van der Waals surface area contributed by atoms with Gasteiger partial charge in [-0.1, -0.05) is 36.8 Å². The van der Waals surface area contributed by atoms with E-state index in [0.29, 0.717) is 11.8 Å². The highest BCUT2D eigenvalue weighted by molar-refractivity contribution is 5.85. The highest BCUT2D eigenvalue weighted by Gasteiger charge is 2.34. The molecule has 0 radical (unpaired) electrons. The van der Waals surface area contributed by atoms with Crippen molar-refractivity contribution in [3.05, 3.63) is 35.9 Å². The van der Waals surface area contributed by atoms with Crippen molar-refractivity contribution in [2.75, 3.05) is 19.6 Å². The maximum absolute atomic E-state index is 13.2. The molecular weight excluding hydrogens is 369 g/mol. The van der Waals surface area contributed by atoms with Crippen LogP contribution >= 0.6 is 24.8 Å². The molecule has 0 saturated carbocycles. The van der Waals surface area contributed by atoms with Gasteiger partial charge in [-0.2, -0.15) is 0 Å². The standard InChI is InChI=1S/C20H31N3O.2ClH/c1-16(21)18-10-7-13-23(15-18)20(24)19-11-5-6-12-22(19)14-17-8-3-2-4-9-17;;/h2-4,8-9,16,18-19H,5-7,10-15,21H2,1H3;2*1H. The van der Waals surface area contributed by atoms with Crippen LogP contribution < -0.4 is 5.73 Å². The smallest absolute Gasteiger partial charge is 0.239 e. The Kier molecular flexibility index (Phi) is 9.94. The van der Waals surface area contributed by atoms with Crippen molar-refractivity contribution < 1.29 is 4.79 Å². The molecule has 0 aliphatic carbocycles. The third kappa shape index (κ3) is 5.85. The normalized spacial score (nSPS) is 24.9. The molecule has 3 rings (SSSR count). The Balaban J connectivity index is 0.00000169. The second-order valence-corrected chi connectivity index (χ2v) is 7.51. The van der Waals surface area contributed by atoms with Crippen LogP contribution in [-0.2, 0) is 11.3 Å². The average molecular weight is 402 g/mol. The quantitative estimate of drug-likeness (QED) is 0.839. The summed E-state index contributed by atoms with van der Waals surface area (Å²) in [6.45, 7) is 5.71. The predicted octanol–water partition coefficient (Wildman–Crippen LogP) is 3.47. The van der Waals surface area contributed by atoms with Crippen molar-refractivity contribution >= 4 is 30.7 Å². The molecule has 3 unspecified atom stereocenters. The van der Waals surface area contributed by atoms with Crippen molar-refractivity contribution in [2.45, 2.75) is 57.7 Å². The molecule has 2 saturated heterocycles. The minimum absolute atomic E-state index is 0. The molecule has 1 amide bonds. The molecule has 2 aliphatic rings. The van der Waals surface area contributed by atoms with E-state index in [0.717, 1.165) is 51.9 Å². The van der Waals surface area contributed by atoms with Crippen LogP contribution in [0.1, 0.15) is 44.6 Å². The first-order chi connectivity index (χ1) is 11.6. The highest BCUT2D eigenvalue weighted by Crippen LogP contribution is 2.25. The lowest BCUT2D eigenvalue weighted by Gasteiger charge is -2.41. The van der Waals surface area contributed by atoms with Crippen LogP contribution in [0.25, 0.3) is 0 Å². The van der Waals surface area contributed by atoms with Crippen molar-refractivity contribution in [1.29, 1.82) is 0 Å². The van der Waals surface area contributed by atoms with Crippen LogP contribution in [0.5, 0.6) is 0 Å². The Bertz CT molecular complexity index is 541. The summed E-state index contributed by atoms with van der Waals surface area (Å²) in [4.78, 5) is 17.6. The first kappa shape index (κ1) is 23.2. The summed E-state index contributed by atoms with van der Waals surface area (Å²) >= 11 is 0. The number of carbonyl (C=O) groups is 1. The fourth-order valence-corrected chi connectivity index (χ4v) is 4.13. The van der Waals surface area contributed by atoms with Crippen molar-refractivity contribution in [3.8, 4) is 0 Å². The van der Waals surface area contributed by atoms with Gasteiger partial charge in [-0.15, -0.1) is 24.8 Å². The predicted molar refractivity (Wildman–Crippen MR) is 112 cm³/mol. The molecule has 1 aromatic rings. The van der Waals surface area contributed by atoms with Gasteiger partial charge in [0.15, 0.2) is 0 Å². The van der Waals surface area contributed by atoms with E-state index in [1.165, 1.54) is 12.0 Å². The van der Waals surface area contributed by atoms with Gasteiger partial charge in [0, 0.05) is 25.7 Å². The first-order valence-corrected chi connectivity index (χ1v) is 9.47. The maximum Gasteiger partial charge on any atom is 0.239 e. The fraction of sp³-hybridized carbons (Fsp3) is 0.650. The summed E-state index contributed by atoms with van der Waals surface area (Å²) in [5, 5.41) is 0. The second-order valence-electron chi connectivity index (χ2n) is 7.51. The molecule has 2 heterocycles. The third-order valence-corrected chi connectivity index (χ3v) is 5.64. The SMILES string of the molecule is CC(N)C1CCCN(C(=O)C2CCCCN2Cc2ccccc2)C1.Cl.Cl. The van der Waals surface area contributed by atoms with E-state index in [4.69, 9.17) is 5.73 Å². The van der Waals surface area contributed by atoms with Gasteiger partial charge in [-0.25, -0.2) is 0 Å². The van der Waals surface area contributed by atoms with Crippen molar-refractivity contribution in [1.82, 2.24) is 9.80 Å². The fourth-order valence-electron chi connectivity index (χ4n) is 4.13. The summed E-state index contributed by atoms with van der Waals surface area (Å²) in [7, 11) is 0. The lowest BCUT2D eigenvalue weighted by atomic mass is 9.91. The Morgan fingerprint density at radius 2 is 1.85 bits per heavy atom. The first-order valence-electron chi connectivity index (χ1n) is 9.47. The van der Waals surface area contributed by atoms with E-state index in [1.54, 1.807) is 0 Å². The third-order valence-electron chi connectivity index (χ3n) is 5.64. The second kappa shape index (κ2) is 11.1. The van der Waals surface area contributed by atoms with Crippen LogP contribution in [0, 0.1) is 5.92 Å². The molecule has 3 atom stereocenters. The van der Waals surface area contributed by atoms with E-state index in [9.17, 15) is 4.79 Å². The zero-order chi connectivity index (χ0) is 16.9. The molecule has 0 aromatic heterocycles. The molecular formula is C20H33Cl2N3O. The zero-order valence-electron chi connectivity index (χ0n) is 15.7. The van der Waals surface area contributed by atoms with Gasteiger partial charge < -0.3 is 10.6 Å². The Hall–Kier alpha value is -0.810. The van der Waals surface area contributed by atoms with Crippen LogP contribution in [0.4, 0.5) is 0 Å². The van der Waals surface area contributed by atoms with Crippen LogP contribution in [0.15, 0.2) is 30.3 Å².